The molecule has 4 aromatic rings. The van der Waals surface area contributed by atoms with E-state index in [1.807, 2.05) is 63.2 Å². The number of ether oxygens (including phenoxy) is 1. The van der Waals surface area contributed by atoms with Crippen molar-refractivity contribution in [3.8, 4) is 11.5 Å². The van der Waals surface area contributed by atoms with Gasteiger partial charge in [0.2, 0.25) is 5.95 Å². The van der Waals surface area contributed by atoms with Crippen LogP contribution in [0.25, 0.3) is 10.8 Å². The number of rotatable bonds is 7. The molecule has 0 fully saturated rings. The third-order valence-corrected chi connectivity index (χ3v) is 5.11. The third kappa shape index (κ3) is 4.03. The van der Waals surface area contributed by atoms with Crippen molar-refractivity contribution in [1.29, 1.82) is 0 Å². The van der Waals surface area contributed by atoms with Crippen molar-refractivity contribution in [2.75, 3.05) is 5.32 Å². The number of imidazole rings is 1. The van der Waals surface area contributed by atoms with Crippen LogP contribution < -0.4 is 10.1 Å². The molecule has 6 heteroatoms. The number of nitrogens with one attached hydrogen (secondary N) is 2. The lowest BCUT2D eigenvalue weighted by Crippen LogP contribution is -2.12. The highest BCUT2D eigenvalue weighted by molar-refractivity contribution is 6.00. The SMILES string of the molecule is CCC(C)C(=O)c1cnc(Nc2ncc(C)[nH]2)cc1Oc1cccc2ccccc12. The molecule has 0 radical (unpaired) electrons. The topological polar surface area (TPSA) is 79.9 Å². The van der Waals surface area contributed by atoms with Gasteiger partial charge in [0.15, 0.2) is 5.78 Å². The van der Waals surface area contributed by atoms with Crippen molar-refractivity contribution in [1.82, 2.24) is 15.0 Å². The highest BCUT2D eigenvalue weighted by atomic mass is 16.5. The normalized spacial score (nSPS) is 12.0. The number of ketones is 1. The minimum absolute atomic E-state index is 0.0145. The molecule has 2 aromatic heterocycles. The fourth-order valence-electron chi connectivity index (χ4n) is 3.23. The minimum Gasteiger partial charge on any atom is -0.456 e. The zero-order chi connectivity index (χ0) is 21.1. The predicted molar refractivity (Wildman–Crippen MR) is 119 cm³/mol. The van der Waals surface area contributed by atoms with E-state index < -0.39 is 0 Å². The number of fused-ring (bicyclic) bond motifs is 1. The van der Waals surface area contributed by atoms with E-state index in [9.17, 15) is 4.79 Å². The van der Waals surface area contributed by atoms with Gasteiger partial charge in [0.1, 0.15) is 17.3 Å². The van der Waals surface area contributed by atoms with Gasteiger partial charge in [0.25, 0.3) is 0 Å². The summed E-state index contributed by atoms with van der Waals surface area (Å²) in [5, 5.41) is 5.18. The van der Waals surface area contributed by atoms with Gasteiger partial charge in [-0.1, -0.05) is 50.2 Å². The number of aromatic nitrogens is 3. The minimum atomic E-state index is -0.117. The molecule has 0 bridgehead atoms. The van der Waals surface area contributed by atoms with Gasteiger partial charge >= 0.3 is 0 Å². The second-order valence-electron chi connectivity index (χ2n) is 7.36. The van der Waals surface area contributed by atoms with Crippen LogP contribution in [-0.4, -0.2) is 20.7 Å². The summed E-state index contributed by atoms with van der Waals surface area (Å²) in [6.07, 6.45) is 4.06. The van der Waals surface area contributed by atoms with E-state index in [-0.39, 0.29) is 11.7 Å². The number of anilines is 2. The molecule has 0 amide bonds. The van der Waals surface area contributed by atoms with Gasteiger partial charge < -0.3 is 15.0 Å². The van der Waals surface area contributed by atoms with Crippen LogP contribution in [0.4, 0.5) is 11.8 Å². The van der Waals surface area contributed by atoms with Crippen LogP contribution >= 0.6 is 0 Å². The van der Waals surface area contributed by atoms with Gasteiger partial charge in [-0.15, -0.1) is 0 Å². The smallest absolute Gasteiger partial charge is 0.205 e. The summed E-state index contributed by atoms with van der Waals surface area (Å²) in [5.41, 5.74) is 1.41. The number of hydrogen-bond acceptors (Lipinski definition) is 5. The van der Waals surface area contributed by atoms with Gasteiger partial charge in [-0.05, 0) is 24.8 Å². The van der Waals surface area contributed by atoms with Crippen molar-refractivity contribution in [3.63, 3.8) is 0 Å². The molecule has 2 N–H and O–H groups in total. The zero-order valence-corrected chi connectivity index (χ0v) is 17.3. The van der Waals surface area contributed by atoms with Gasteiger partial charge in [0, 0.05) is 35.5 Å². The van der Waals surface area contributed by atoms with E-state index in [2.05, 4.69) is 20.3 Å². The second-order valence-corrected chi connectivity index (χ2v) is 7.36. The number of Topliss-reactive ketones (excluding diaryl/α,β-unsaturated/α-hetero) is 1. The van der Waals surface area contributed by atoms with Crippen LogP contribution in [0.1, 0.15) is 36.3 Å². The number of pyridine rings is 1. The maximum atomic E-state index is 13.0. The Morgan fingerprint density at radius 1 is 1.10 bits per heavy atom. The lowest BCUT2D eigenvalue weighted by Gasteiger charge is -2.15. The molecule has 2 heterocycles. The van der Waals surface area contributed by atoms with Crippen molar-refractivity contribution < 1.29 is 9.53 Å². The lowest BCUT2D eigenvalue weighted by atomic mass is 9.97. The quantitative estimate of drug-likeness (QED) is 0.370. The molecule has 0 aliphatic heterocycles. The predicted octanol–water partition coefficient (Wildman–Crippen LogP) is 6.03. The number of aromatic amines is 1. The second kappa shape index (κ2) is 8.37. The average molecular weight is 400 g/mol. The van der Waals surface area contributed by atoms with Crippen LogP contribution in [0.5, 0.6) is 11.5 Å². The Kier molecular flexibility index (Phi) is 5.48. The zero-order valence-electron chi connectivity index (χ0n) is 17.3. The monoisotopic (exact) mass is 400 g/mol. The van der Waals surface area contributed by atoms with Gasteiger partial charge in [-0.25, -0.2) is 9.97 Å². The van der Waals surface area contributed by atoms with E-state index in [0.29, 0.717) is 28.8 Å². The Morgan fingerprint density at radius 3 is 2.67 bits per heavy atom. The fraction of sp³-hybridized carbons (Fsp3) is 0.208. The van der Waals surface area contributed by atoms with E-state index >= 15 is 0 Å². The number of aryl methyl sites for hydroxylation is 1. The first-order valence-electron chi connectivity index (χ1n) is 10.0. The Hall–Kier alpha value is -3.67. The number of benzene rings is 2. The number of hydrogen-bond donors (Lipinski definition) is 2. The first-order valence-corrected chi connectivity index (χ1v) is 10.0. The van der Waals surface area contributed by atoms with Crippen molar-refractivity contribution in [2.24, 2.45) is 5.92 Å². The molecule has 30 heavy (non-hydrogen) atoms. The standard InChI is InChI=1S/C24H24N4O2/c1-4-15(2)23(29)19-14-25-22(28-24-26-13-16(3)27-24)12-21(19)30-20-11-7-9-17-8-5-6-10-18(17)20/h5-15H,4H2,1-3H3,(H2,25,26,27,28). The summed E-state index contributed by atoms with van der Waals surface area (Å²) < 4.78 is 6.29. The Balaban J connectivity index is 1.75. The van der Waals surface area contributed by atoms with E-state index in [4.69, 9.17) is 4.74 Å². The number of nitrogens with zero attached hydrogens (tertiary/aromatic N) is 2. The lowest BCUT2D eigenvalue weighted by molar-refractivity contribution is 0.0924. The first kappa shape index (κ1) is 19.6. The number of H-pyrrole nitrogens is 1. The molecular formula is C24H24N4O2. The van der Waals surface area contributed by atoms with Crippen molar-refractivity contribution in [3.05, 3.63) is 72.2 Å². The summed E-state index contributed by atoms with van der Waals surface area (Å²) in [6, 6.07) is 15.6. The highest BCUT2D eigenvalue weighted by Crippen LogP contribution is 2.34. The summed E-state index contributed by atoms with van der Waals surface area (Å²) in [4.78, 5) is 24.7. The van der Waals surface area contributed by atoms with Gasteiger partial charge in [-0.3, -0.25) is 4.79 Å². The summed E-state index contributed by atoms with van der Waals surface area (Å²) >= 11 is 0. The average Bonchev–Trinajstić information content (AvgIpc) is 3.17. The van der Waals surface area contributed by atoms with Crippen LogP contribution in [0.2, 0.25) is 0 Å². The maximum absolute atomic E-state index is 13.0. The summed E-state index contributed by atoms with van der Waals surface area (Å²) in [5.74, 6) is 2.18. The number of carbonyl (C=O) groups excluding carboxylic acids is 1. The largest absolute Gasteiger partial charge is 0.456 e. The highest BCUT2D eigenvalue weighted by Gasteiger charge is 2.20. The molecule has 2 aromatic carbocycles. The van der Waals surface area contributed by atoms with Crippen LogP contribution in [0.3, 0.4) is 0 Å². The molecule has 6 nitrogen and oxygen atoms in total. The molecule has 0 aliphatic rings. The Labute approximate surface area is 175 Å². The van der Waals surface area contributed by atoms with Crippen LogP contribution in [0.15, 0.2) is 60.9 Å². The fourth-order valence-corrected chi connectivity index (χ4v) is 3.23. The molecule has 0 spiro atoms. The Morgan fingerprint density at radius 2 is 1.90 bits per heavy atom. The molecule has 4 rings (SSSR count). The summed E-state index contributed by atoms with van der Waals surface area (Å²) in [6.45, 7) is 5.84. The van der Waals surface area contributed by atoms with Crippen LogP contribution in [0, 0.1) is 12.8 Å². The molecule has 1 unspecified atom stereocenters. The molecule has 1 atom stereocenters. The van der Waals surface area contributed by atoms with E-state index in [1.54, 1.807) is 18.5 Å². The molecule has 0 saturated carbocycles. The number of carbonyl (C=O) groups is 1. The van der Waals surface area contributed by atoms with Gasteiger partial charge in [0.05, 0.1) is 5.56 Å². The first-order chi connectivity index (χ1) is 14.5. The Bertz CT molecular complexity index is 1190. The molecule has 0 saturated heterocycles. The molecule has 152 valence electrons. The van der Waals surface area contributed by atoms with E-state index in [1.165, 1.54) is 0 Å². The summed E-state index contributed by atoms with van der Waals surface area (Å²) in [7, 11) is 0. The maximum Gasteiger partial charge on any atom is 0.205 e. The third-order valence-electron chi connectivity index (χ3n) is 5.11. The van der Waals surface area contributed by atoms with Crippen LogP contribution in [-0.2, 0) is 0 Å². The molecular weight excluding hydrogens is 376 g/mol. The molecule has 0 aliphatic carbocycles. The van der Waals surface area contributed by atoms with E-state index in [0.717, 1.165) is 22.9 Å². The van der Waals surface area contributed by atoms with Crippen molar-refractivity contribution in [2.45, 2.75) is 27.2 Å². The van der Waals surface area contributed by atoms with Gasteiger partial charge in [-0.2, -0.15) is 0 Å². The van der Waals surface area contributed by atoms with Crippen molar-refractivity contribution >= 4 is 28.3 Å².